The number of amides is 1. The van der Waals surface area contributed by atoms with E-state index in [1.54, 1.807) is 7.11 Å². The van der Waals surface area contributed by atoms with E-state index in [1.807, 2.05) is 19.9 Å². The lowest BCUT2D eigenvalue weighted by Gasteiger charge is -2.16. The van der Waals surface area contributed by atoms with Crippen LogP contribution in [0.3, 0.4) is 0 Å². The van der Waals surface area contributed by atoms with E-state index in [-0.39, 0.29) is 12.5 Å². The van der Waals surface area contributed by atoms with Gasteiger partial charge in [-0.3, -0.25) is 4.79 Å². The van der Waals surface area contributed by atoms with Crippen LogP contribution in [0, 0.1) is 19.3 Å². The van der Waals surface area contributed by atoms with Gasteiger partial charge in [-0.2, -0.15) is 0 Å². The van der Waals surface area contributed by atoms with E-state index in [0.29, 0.717) is 6.54 Å². The van der Waals surface area contributed by atoms with Crippen molar-refractivity contribution >= 4 is 5.91 Å². The average molecular weight is 263 g/mol. The standard InChI is InChI=1S/C15H21NO3/c1-10-6-11(2)13(19-3)12(7-10)8-16-14(18)15(9-17)4-5-15/h6-7,17H,4-5,8-9H2,1-3H3,(H,16,18). The molecule has 4 nitrogen and oxygen atoms in total. The molecule has 104 valence electrons. The number of carbonyl (C=O) groups is 1. The number of aliphatic hydroxyl groups excluding tert-OH is 1. The Morgan fingerprint density at radius 1 is 1.42 bits per heavy atom. The van der Waals surface area contributed by atoms with Crippen molar-refractivity contribution in [2.24, 2.45) is 5.41 Å². The van der Waals surface area contributed by atoms with E-state index < -0.39 is 5.41 Å². The summed E-state index contributed by atoms with van der Waals surface area (Å²) in [6, 6.07) is 4.07. The lowest BCUT2D eigenvalue weighted by molar-refractivity contribution is -0.127. The van der Waals surface area contributed by atoms with Gasteiger partial charge in [0.15, 0.2) is 0 Å². The topological polar surface area (TPSA) is 58.6 Å². The quantitative estimate of drug-likeness (QED) is 0.850. The molecular formula is C15H21NO3. The summed E-state index contributed by atoms with van der Waals surface area (Å²) in [7, 11) is 1.64. The van der Waals surface area contributed by atoms with E-state index in [9.17, 15) is 9.90 Å². The molecule has 0 heterocycles. The molecule has 1 saturated carbocycles. The lowest BCUT2D eigenvalue weighted by Crippen LogP contribution is -2.33. The molecule has 1 aromatic carbocycles. The highest BCUT2D eigenvalue weighted by Crippen LogP contribution is 2.45. The molecule has 1 aliphatic rings. The van der Waals surface area contributed by atoms with Crippen molar-refractivity contribution in [2.45, 2.75) is 33.2 Å². The van der Waals surface area contributed by atoms with Gasteiger partial charge in [0.2, 0.25) is 5.91 Å². The third-order valence-corrected chi connectivity index (χ3v) is 3.78. The first-order chi connectivity index (χ1) is 9.02. The van der Waals surface area contributed by atoms with Gasteiger partial charge in [0.1, 0.15) is 5.75 Å². The van der Waals surface area contributed by atoms with Crippen LogP contribution in [-0.2, 0) is 11.3 Å². The molecule has 0 aromatic heterocycles. The Balaban J connectivity index is 2.09. The number of rotatable bonds is 5. The van der Waals surface area contributed by atoms with Crippen molar-refractivity contribution in [1.82, 2.24) is 5.32 Å². The Labute approximate surface area is 113 Å². The van der Waals surface area contributed by atoms with Crippen molar-refractivity contribution in [3.8, 4) is 5.75 Å². The van der Waals surface area contributed by atoms with E-state index in [2.05, 4.69) is 11.4 Å². The third kappa shape index (κ3) is 2.73. The van der Waals surface area contributed by atoms with E-state index in [4.69, 9.17) is 4.74 Å². The molecule has 2 N–H and O–H groups in total. The minimum Gasteiger partial charge on any atom is -0.496 e. The highest BCUT2D eigenvalue weighted by atomic mass is 16.5. The predicted molar refractivity (Wildman–Crippen MR) is 73.1 cm³/mol. The van der Waals surface area contributed by atoms with E-state index in [0.717, 1.165) is 35.3 Å². The van der Waals surface area contributed by atoms with E-state index >= 15 is 0 Å². The number of nitrogens with one attached hydrogen (secondary N) is 1. The molecule has 4 heteroatoms. The summed E-state index contributed by atoms with van der Waals surface area (Å²) in [5, 5.41) is 12.1. The fraction of sp³-hybridized carbons (Fsp3) is 0.533. The molecule has 0 bridgehead atoms. The monoisotopic (exact) mass is 263 g/mol. The van der Waals surface area contributed by atoms with Crippen LogP contribution in [0.2, 0.25) is 0 Å². The van der Waals surface area contributed by atoms with Gasteiger partial charge in [-0.15, -0.1) is 0 Å². The smallest absolute Gasteiger partial charge is 0.228 e. The first-order valence-electron chi connectivity index (χ1n) is 6.56. The Bertz CT molecular complexity index is 492. The van der Waals surface area contributed by atoms with Gasteiger partial charge < -0.3 is 15.2 Å². The lowest BCUT2D eigenvalue weighted by atomic mass is 10.0. The maximum atomic E-state index is 12.0. The van der Waals surface area contributed by atoms with Gasteiger partial charge in [0.25, 0.3) is 0 Å². The maximum Gasteiger partial charge on any atom is 0.228 e. The summed E-state index contributed by atoms with van der Waals surface area (Å²) in [5.74, 6) is 0.760. The molecule has 0 spiro atoms. The molecule has 1 aromatic rings. The number of aryl methyl sites for hydroxylation is 2. The van der Waals surface area contributed by atoms with Gasteiger partial charge in [0, 0.05) is 12.1 Å². The van der Waals surface area contributed by atoms with Crippen LogP contribution in [0.5, 0.6) is 5.75 Å². The zero-order chi connectivity index (χ0) is 14.0. The molecule has 19 heavy (non-hydrogen) atoms. The minimum absolute atomic E-state index is 0.0591. The summed E-state index contributed by atoms with van der Waals surface area (Å²) >= 11 is 0. The van der Waals surface area contributed by atoms with Crippen LogP contribution in [-0.4, -0.2) is 24.7 Å². The minimum atomic E-state index is -0.522. The molecule has 0 unspecified atom stereocenters. The van der Waals surface area contributed by atoms with Gasteiger partial charge in [-0.25, -0.2) is 0 Å². The summed E-state index contributed by atoms with van der Waals surface area (Å²) in [6.07, 6.45) is 1.55. The summed E-state index contributed by atoms with van der Waals surface area (Å²) in [6.45, 7) is 4.39. The number of ether oxygens (including phenoxy) is 1. The van der Waals surface area contributed by atoms with Crippen LogP contribution < -0.4 is 10.1 Å². The molecular weight excluding hydrogens is 242 g/mol. The van der Waals surface area contributed by atoms with Crippen molar-refractivity contribution in [1.29, 1.82) is 0 Å². The molecule has 2 rings (SSSR count). The van der Waals surface area contributed by atoms with Gasteiger partial charge in [0.05, 0.1) is 19.1 Å². The zero-order valence-electron chi connectivity index (χ0n) is 11.7. The van der Waals surface area contributed by atoms with Crippen LogP contribution in [0.15, 0.2) is 12.1 Å². The molecule has 0 aliphatic heterocycles. The summed E-state index contributed by atoms with van der Waals surface area (Å²) in [4.78, 5) is 12.0. The maximum absolute atomic E-state index is 12.0. The normalized spacial score (nSPS) is 16.0. The number of aliphatic hydroxyl groups is 1. The van der Waals surface area contributed by atoms with Crippen molar-refractivity contribution in [3.05, 3.63) is 28.8 Å². The average Bonchev–Trinajstić information content (AvgIpc) is 3.16. The Hall–Kier alpha value is -1.55. The molecule has 1 amide bonds. The fourth-order valence-corrected chi connectivity index (χ4v) is 2.44. The second kappa shape index (κ2) is 5.21. The predicted octanol–water partition coefficient (Wildman–Crippen LogP) is 1.70. The highest BCUT2D eigenvalue weighted by Gasteiger charge is 2.49. The Kier molecular flexibility index (Phi) is 3.80. The Morgan fingerprint density at radius 3 is 2.63 bits per heavy atom. The van der Waals surface area contributed by atoms with Crippen molar-refractivity contribution in [3.63, 3.8) is 0 Å². The van der Waals surface area contributed by atoms with Crippen LogP contribution in [0.1, 0.15) is 29.5 Å². The van der Waals surface area contributed by atoms with Gasteiger partial charge in [-0.1, -0.05) is 17.7 Å². The third-order valence-electron chi connectivity index (χ3n) is 3.78. The molecule has 0 atom stereocenters. The molecule has 0 radical (unpaired) electrons. The fourth-order valence-electron chi connectivity index (χ4n) is 2.44. The van der Waals surface area contributed by atoms with Crippen LogP contribution in [0.25, 0.3) is 0 Å². The largest absolute Gasteiger partial charge is 0.496 e. The zero-order valence-corrected chi connectivity index (χ0v) is 11.7. The Morgan fingerprint density at radius 2 is 2.11 bits per heavy atom. The van der Waals surface area contributed by atoms with E-state index in [1.165, 1.54) is 0 Å². The SMILES string of the molecule is COc1c(C)cc(C)cc1CNC(=O)C1(CO)CC1. The van der Waals surface area contributed by atoms with Gasteiger partial charge in [-0.05, 0) is 32.3 Å². The molecule has 0 saturated heterocycles. The number of benzene rings is 1. The second-order valence-corrected chi connectivity index (χ2v) is 5.40. The first kappa shape index (κ1) is 13.9. The van der Waals surface area contributed by atoms with Crippen molar-refractivity contribution < 1.29 is 14.6 Å². The summed E-state index contributed by atoms with van der Waals surface area (Å²) < 4.78 is 5.39. The summed E-state index contributed by atoms with van der Waals surface area (Å²) in [5.41, 5.74) is 2.66. The number of hydrogen-bond acceptors (Lipinski definition) is 3. The number of methoxy groups -OCH3 is 1. The molecule has 1 aliphatic carbocycles. The number of hydrogen-bond donors (Lipinski definition) is 2. The second-order valence-electron chi connectivity index (χ2n) is 5.40. The number of carbonyl (C=O) groups excluding carboxylic acids is 1. The first-order valence-corrected chi connectivity index (χ1v) is 6.56. The highest BCUT2D eigenvalue weighted by molar-refractivity contribution is 5.85. The van der Waals surface area contributed by atoms with Crippen LogP contribution in [0.4, 0.5) is 0 Å². The van der Waals surface area contributed by atoms with Crippen LogP contribution >= 0.6 is 0 Å². The molecule has 1 fully saturated rings. The van der Waals surface area contributed by atoms with Crippen molar-refractivity contribution in [2.75, 3.05) is 13.7 Å². The van der Waals surface area contributed by atoms with Gasteiger partial charge >= 0.3 is 0 Å².